The van der Waals surface area contributed by atoms with Gasteiger partial charge in [-0.2, -0.15) is 0 Å². The van der Waals surface area contributed by atoms with Crippen molar-refractivity contribution >= 4 is 34.7 Å². The number of aromatic amines is 2. The first-order valence-corrected chi connectivity index (χ1v) is 11.5. The Hall–Kier alpha value is -3.85. The molecule has 0 radical (unpaired) electrons. The molecule has 0 atom stereocenters. The van der Waals surface area contributed by atoms with Crippen molar-refractivity contribution in [3.8, 4) is 11.4 Å². The molecule has 0 spiro atoms. The Morgan fingerprint density at radius 3 is 2.68 bits per heavy atom. The highest BCUT2D eigenvalue weighted by Gasteiger charge is 2.08. The Balaban J connectivity index is 1.29. The molecule has 8 nitrogen and oxygen atoms in total. The van der Waals surface area contributed by atoms with Gasteiger partial charge in [0.05, 0.1) is 10.9 Å². The number of hydrogen-bond donors (Lipinski definition) is 3. The molecule has 2 heterocycles. The molecule has 0 unspecified atom stereocenters. The zero-order valence-electron chi connectivity index (χ0n) is 18.8. The molecule has 0 saturated carbocycles. The van der Waals surface area contributed by atoms with Gasteiger partial charge in [-0.05, 0) is 56.2 Å². The van der Waals surface area contributed by atoms with Crippen LogP contribution in [0.3, 0.4) is 0 Å². The van der Waals surface area contributed by atoms with Crippen molar-refractivity contribution in [3.05, 3.63) is 85.8 Å². The van der Waals surface area contributed by atoms with Gasteiger partial charge in [0.2, 0.25) is 5.91 Å². The average Bonchev–Trinajstić information content (AvgIpc) is 2.80. The second-order valence-corrected chi connectivity index (χ2v) is 8.49. The van der Waals surface area contributed by atoms with Gasteiger partial charge in [-0.15, -0.1) is 0 Å². The highest BCUT2D eigenvalue weighted by atomic mass is 32.1. The van der Waals surface area contributed by atoms with Crippen molar-refractivity contribution in [1.29, 1.82) is 0 Å². The fourth-order valence-electron chi connectivity index (χ4n) is 3.82. The van der Waals surface area contributed by atoms with Crippen LogP contribution in [-0.2, 0) is 11.3 Å². The molecule has 34 heavy (non-hydrogen) atoms. The quantitative estimate of drug-likeness (QED) is 0.260. The van der Waals surface area contributed by atoms with E-state index in [0.717, 1.165) is 23.9 Å². The predicted octanol–water partition coefficient (Wildman–Crippen LogP) is 4.32. The maximum Gasteiger partial charge on any atom is 0.262 e. The lowest BCUT2D eigenvalue weighted by atomic mass is 10.1. The van der Waals surface area contributed by atoms with Crippen LogP contribution in [-0.4, -0.2) is 25.4 Å². The standard InChI is InChI=1S/C25H25N5O3S/c1-16-14-22(32)29-23(26-16)17-8-7-9-18(15-17)27-21(31)12-3-2-6-13-30-24(33)19-10-4-5-11-20(19)28-25(30)34/h4-5,7-11,14-15H,2-3,6,12-13H2,1H3,(H,27,31)(H,28,34)(H,26,29,32). The second kappa shape index (κ2) is 10.4. The molecule has 0 aliphatic carbocycles. The third-order valence-corrected chi connectivity index (χ3v) is 5.79. The normalized spacial score (nSPS) is 11.0. The molecule has 0 saturated heterocycles. The van der Waals surface area contributed by atoms with Crippen molar-refractivity contribution < 1.29 is 4.79 Å². The van der Waals surface area contributed by atoms with Gasteiger partial charge in [0, 0.05) is 36.0 Å². The highest BCUT2D eigenvalue weighted by Crippen LogP contribution is 2.19. The number of carbonyl (C=O) groups is 1. The van der Waals surface area contributed by atoms with Gasteiger partial charge in [-0.3, -0.25) is 19.0 Å². The van der Waals surface area contributed by atoms with Crippen molar-refractivity contribution in [1.82, 2.24) is 19.5 Å². The molecule has 2 aromatic carbocycles. The molecule has 3 N–H and O–H groups in total. The Morgan fingerprint density at radius 1 is 1.03 bits per heavy atom. The minimum absolute atomic E-state index is 0.0944. The van der Waals surface area contributed by atoms with Gasteiger partial charge in [0.15, 0.2) is 4.77 Å². The van der Waals surface area contributed by atoms with Crippen molar-refractivity contribution in [2.24, 2.45) is 0 Å². The van der Waals surface area contributed by atoms with E-state index >= 15 is 0 Å². The minimum Gasteiger partial charge on any atom is -0.332 e. The van der Waals surface area contributed by atoms with E-state index in [9.17, 15) is 14.4 Å². The van der Waals surface area contributed by atoms with Crippen LogP contribution in [0.1, 0.15) is 31.4 Å². The van der Waals surface area contributed by atoms with Crippen LogP contribution in [0.2, 0.25) is 0 Å². The summed E-state index contributed by atoms with van der Waals surface area (Å²) < 4.78 is 1.98. The molecule has 2 aromatic heterocycles. The number of aryl methyl sites for hydroxylation is 1. The van der Waals surface area contributed by atoms with Gasteiger partial charge >= 0.3 is 0 Å². The number of hydrogen-bond acceptors (Lipinski definition) is 5. The Kier molecular flexibility index (Phi) is 7.12. The third-order valence-electron chi connectivity index (χ3n) is 5.46. The van der Waals surface area contributed by atoms with Crippen molar-refractivity contribution in [2.45, 2.75) is 39.2 Å². The number of nitrogens with one attached hydrogen (secondary N) is 3. The fourth-order valence-corrected chi connectivity index (χ4v) is 4.10. The van der Waals surface area contributed by atoms with Crippen molar-refractivity contribution in [2.75, 3.05) is 5.32 Å². The SMILES string of the molecule is Cc1cc(=O)[nH]c(-c2cccc(NC(=O)CCCCCn3c(=S)[nH]c4ccccc4c3=O)c2)n1. The van der Waals surface area contributed by atoms with Gasteiger partial charge in [0.25, 0.3) is 11.1 Å². The van der Waals surface area contributed by atoms with Gasteiger partial charge in [0.1, 0.15) is 5.82 Å². The average molecular weight is 476 g/mol. The third kappa shape index (κ3) is 5.55. The van der Waals surface area contributed by atoms with E-state index in [-0.39, 0.29) is 17.0 Å². The molecule has 0 aliphatic rings. The van der Waals surface area contributed by atoms with E-state index in [1.54, 1.807) is 35.8 Å². The number of para-hydroxylation sites is 1. The molecule has 4 rings (SSSR count). The fraction of sp³-hybridized carbons (Fsp3) is 0.240. The maximum atomic E-state index is 12.7. The highest BCUT2D eigenvalue weighted by molar-refractivity contribution is 7.71. The lowest BCUT2D eigenvalue weighted by Gasteiger charge is -2.09. The van der Waals surface area contributed by atoms with Crippen LogP contribution in [0, 0.1) is 11.7 Å². The van der Waals surface area contributed by atoms with Gasteiger partial charge in [-0.1, -0.05) is 30.7 Å². The molecule has 1 amide bonds. The molecular weight excluding hydrogens is 450 g/mol. The summed E-state index contributed by atoms with van der Waals surface area (Å²) in [5.41, 5.74) is 2.40. The van der Waals surface area contributed by atoms with Crippen LogP contribution < -0.4 is 16.4 Å². The van der Waals surface area contributed by atoms with Gasteiger partial charge < -0.3 is 15.3 Å². The largest absolute Gasteiger partial charge is 0.332 e. The Morgan fingerprint density at radius 2 is 1.85 bits per heavy atom. The number of fused-ring (bicyclic) bond motifs is 1. The molecular formula is C25H25N5O3S. The first-order valence-electron chi connectivity index (χ1n) is 11.1. The Bertz CT molecular complexity index is 1520. The first-order chi connectivity index (χ1) is 16.4. The lowest BCUT2D eigenvalue weighted by molar-refractivity contribution is -0.116. The topological polar surface area (TPSA) is 113 Å². The van der Waals surface area contributed by atoms with E-state index in [1.807, 2.05) is 24.3 Å². The summed E-state index contributed by atoms with van der Waals surface area (Å²) in [5, 5.41) is 3.51. The molecule has 0 aliphatic heterocycles. The maximum absolute atomic E-state index is 12.7. The zero-order valence-corrected chi connectivity index (χ0v) is 19.6. The predicted molar refractivity (Wildman–Crippen MR) is 136 cm³/mol. The Labute approximate surface area is 200 Å². The van der Waals surface area contributed by atoms with E-state index in [1.165, 1.54) is 6.07 Å². The number of rotatable bonds is 8. The van der Waals surface area contributed by atoms with Crippen LogP contribution in [0.5, 0.6) is 0 Å². The van der Waals surface area contributed by atoms with Gasteiger partial charge in [-0.25, -0.2) is 4.98 Å². The minimum atomic E-state index is -0.219. The number of aromatic nitrogens is 4. The van der Waals surface area contributed by atoms with E-state index in [0.29, 0.717) is 46.7 Å². The summed E-state index contributed by atoms with van der Waals surface area (Å²) in [6.45, 7) is 2.26. The van der Waals surface area contributed by atoms with Crippen LogP contribution in [0.15, 0.2) is 64.2 Å². The van der Waals surface area contributed by atoms with Crippen LogP contribution in [0.25, 0.3) is 22.3 Å². The molecule has 4 aromatic rings. The number of anilines is 1. The molecule has 174 valence electrons. The summed E-state index contributed by atoms with van der Waals surface area (Å²) in [6.07, 6.45) is 2.58. The van der Waals surface area contributed by atoms with Crippen LogP contribution >= 0.6 is 12.2 Å². The van der Waals surface area contributed by atoms with Crippen molar-refractivity contribution in [3.63, 3.8) is 0 Å². The summed E-state index contributed by atoms with van der Waals surface area (Å²) >= 11 is 5.34. The number of unbranched alkanes of at least 4 members (excludes halogenated alkanes) is 2. The van der Waals surface area contributed by atoms with E-state index in [4.69, 9.17) is 12.2 Å². The summed E-state index contributed by atoms with van der Waals surface area (Å²) in [7, 11) is 0. The summed E-state index contributed by atoms with van der Waals surface area (Å²) in [5.74, 6) is 0.367. The number of nitrogens with zero attached hydrogens (tertiary/aromatic N) is 2. The number of carbonyl (C=O) groups excluding carboxylic acids is 1. The second-order valence-electron chi connectivity index (χ2n) is 8.11. The monoisotopic (exact) mass is 475 g/mol. The number of H-pyrrole nitrogens is 2. The van der Waals surface area contributed by atoms with Crippen LogP contribution in [0.4, 0.5) is 5.69 Å². The lowest BCUT2D eigenvalue weighted by Crippen LogP contribution is -2.22. The number of benzene rings is 2. The molecule has 0 bridgehead atoms. The molecule has 0 fully saturated rings. The molecule has 9 heteroatoms. The first kappa shape index (κ1) is 23.3. The summed E-state index contributed by atoms with van der Waals surface area (Å²) in [6, 6.07) is 15.9. The zero-order chi connectivity index (χ0) is 24.1. The van der Waals surface area contributed by atoms with E-state index < -0.39 is 0 Å². The smallest absolute Gasteiger partial charge is 0.262 e. The van der Waals surface area contributed by atoms with E-state index in [2.05, 4.69) is 20.3 Å². The summed E-state index contributed by atoms with van der Waals surface area (Å²) in [4.78, 5) is 46.9. The number of amides is 1.